The Morgan fingerprint density at radius 3 is 2.43 bits per heavy atom. The minimum absolute atomic E-state index is 0.787. The molecule has 2 aromatic rings. The zero-order valence-corrected chi connectivity index (χ0v) is 11.1. The highest BCUT2D eigenvalue weighted by Gasteiger charge is 2.02. The minimum atomic E-state index is 0.787. The van der Waals surface area contributed by atoms with Crippen LogP contribution in [-0.4, -0.2) is 9.36 Å². The van der Waals surface area contributed by atoms with Gasteiger partial charge in [0.2, 0.25) is 0 Å². The van der Waals surface area contributed by atoms with E-state index < -0.39 is 0 Å². The molecule has 2 nitrogen and oxygen atoms in total. The summed E-state index contributed by atoms with van der Waals surface area (Å²) < 4.78 is 6.13. The number of nitrogens with zero attached hydrogens (tertiary/aromatic N) is 2. The number of rotatable bonds is 2. The Bertz CT molecular complexity index is 425. The highest BCUT2D eigenvalue weighted by Crippen LogP contribution is 2.16. The van der Waals surface area contributed by atoms with E-state index in [1.807, 2.05) is 12.1 Å². The van der Waals surface area contributed by atoms with Crippen LogP contribution in [0, 0.1) is 0 Å². The second kappa shape index (κ2) is 4.51. The smallest absolute Gasteiger partial charge is 0.179 e. The fourth-order valence-corrected chi connectivity index (χ4v) is 2.21. The van der Waals surface area contributed by atoms with Crippen LogP contribution in [0.15, 0.2) is 32.7 Å². The van der Waals surface area contributed by atoms with Gasteiger partial charge in [0.05, 0.1) is 0 Å². The van der Waals surface area contributed by atoms with Crippen LogP contribution in [0.25, 0.3) is 0 Å². The molecule has 0 amide bonds. The van der Waals surface area contributed by atoms with Gasteiger partial charge in [-0.15, -0.1) is 0 Å². The molecule has 0 spiro atoms. The molecule has 14 heavy (non-hydrogen) atoms. The Hall–Kier alpha value is -0.260. The molecule has 1 heterocycles. The van der Waals surface area contributed by atoms with Crippen molar-refractivity contribution in [1.29, 1.82) is 0 Å². The number of aromatic nitrogens is 2. The quantitative estimate of drug-likeness (QED) is 0.838. The molecular formula is C9H6Br2N2S. The first-order valence-electron chi connectivity index (χ1n) is 3.96. The first kappa shape index (κ1) is 10.3. The number of hydrogen-bond acceptors (Lipinski definition) is 3. The summed E-state index contributed by atoms with van der Waals surface area (Å²) in [6.45, 7) is 0. The van der Waals surface area contributed by atoms with Crippen LogP contribution >= 0.6 is 43.4 Å². The lowest BCUT2D eigenvalue weighted by Gasteiger charge is -1.96. The van der Waals surface area contributed by atoms with Gasteiger partial charge in [-0.2, -0.15) is 4.37 Å². The van der Waals surface area contributed by atoms with Crippen molar-refractivity contribution in [3.63, 3.8) is 0 Å². The lowest BCUT2D eigenvalue weighted by atomic mass is 10.1. The third-order valence-electron chi connectivity index (χ3n) is 1.72. The molecule has 0 saturated carbocycles. The molecule has 0 aliphatic carbocycles. The van der Waals surface area contributed by atoms with Crippen molar-refractivity contribution in [3.05, 3.63) is 44.0 Å². The minimum Gasteiger partial charge on any atom is -0.212 e. The fraction of sp³-hybridized carbons (Fsp3) is 0.111. The van der Waals surface area contributed by atoms with Gasteiger partial charge in [0.25, 0.3) is 0 Å². The molecule has 0 radical (unpaired) electrons. The first-order chi connectivity index (χ1) is 6.74. The Morgan fingerprint density at radius 2 is 1.86 bits per heavy atom. The molecule has 1 aromatic heterocycles. The molecule has 0 fully saturated rings. The van der Waals surface area contributed by atoms with Crippen molar-refractivity contribution in [2.45, 2.75) is 6.42 Å². The van der Waals surface area contributed by atoms with Crippen LogP contribution in [-0.2, 0) is 6.42 Å². The second-order valence-electron chi connectivity index (χ2n) is 2.77. The van der Waals surface area contributed by atoms with Crippen molar-refractivity contribution in [1.82, 2.24) is 9.36 Å². The van der Waals surface area contributed by atoms with Crippen molar-refractivity contribution < 1.29 is 0 Å². The molecule has 0 N–H and O–H groups in total. The Kier molecular flexibility index (Phi) is 3.30. The van der Waals surface area contributed by atoms with E-state index in [2.05, 4.69) is 53.4 Å². The molecule has 5 heteroatoms. The van der Waals surface area contributed by atoms with E-state index in [1.165, 1.54) is 17.1 Å². The van der Waals surface area contributed by atoms with Gasteiger partial charge in [0, 0.05) is 10.9 Å². The molecule has 72 valence electrons. The molecule has 0 saturated heterocycles. The van der Waals surface area contributed by atoms with Gasteiger partial charge in [-0.1, -0.05) is 28.1 Å². The maximum absolute atomic E-state index is 4.24. The molecule has 0 bridgehead atoms. The topological polar surface area (TPSA) is 25.8 Å². The van der Waals surface area contributed by atoms with Crippen LogP contribution in [0.3, 0.4) is 0 Å². The van der Waals surface area contributed by atoms with Gasteiger partial charge in [-0.05, 0) is 45.2 Å². The van der Waals surface area contributed by atoms with E-state index in [4.69, 9.17) is 0 Å². The van der Waals surface area contributed by atoms with Gasteiger partial charge in [-0.25, -0.2) is 4.98 Å². The summed E-state index contributed by atoms with van der Waals surface area (Å²) in [6.07, 6.45) is 0.787. The highest BCUT2D eigenvalue weighted by atomic mass is 79.9. The molecule has 0 atom stereocenters. The lowest BCUT2D eigenvalue weighted by molar-refractivity contribution is 1.03. The summed E-state index contributed by atoms with van der Waals surface area (Å²) in [4.78, 5) is 4.24. The maximum atomic E-state index is 4.24. The summed E-state index contributed by atoms with van der Waals surface area (Å²) >= 11 is 8.07. The van der Waals surface area contributed by atoms with Crippen molar-refractivity contribution in [2.24, 2.45) is 0 Å². The Balaban J connectivity index is 2.15. The molecule has 0 unspecified atom stereocenters. The molecule has 0 aliphatic rings. The van der Waals surface area contributed by atoms with E-state index in [1.54, 1.807) is 0 Å². The largest absolute Gasteiger partial charge is 0.212 e. The van der Waals surface area contributed by atoms with Gasteiger partial charge in [0.15, 0.2) is 3.92 Å². The number of halogens is 2. The van der Waals surface area contributed by atoms with E-state index in [0.717, 1.165) is 20.6 Å². The van der Waals surface area contributed by atoms with E-state index in [9.17, 15) is 0 Å². The van der Waals surface area contributed by atoms with Crippen molar-refractivity contribution in [3.8, 4) is 0 Å². The standard InChI is InChI=1S/C9H6Br2N2S/c10-7-3-1-6(2-4-7)5-8-12-9(11)14-13-8/h1-4H,5H2. The first-order valence-corrected chi connectivity index (χ1v) is 6.32. The van der Waals surface area contributed by atoms with Gasteiger partial charge in [0.1, 0.15) is 5.82 Å². The average Bonchev–Trinajstić information content (AvgIpc) is 2.56. The third-order valence-corrected chi connectivity index (χ3v) is 3.40. The molecule has 1 aromatic carbocycles. The number of benzene rings is 1. The summed E-state index contributed by atoms with van der Waals surface area (Å²) in [5.74, 6) is 0.865. The summed E-state index contributed by atoms with van der Waals surface area (Å²) in [7, 11) is 0. The zero-order chi connectivity index (χ0) is 9.97. The van der Waals surface area contributed by atoms with Gasteiger partial charge in [-0.3, -0.25) is 0 Å². The fourth-order valence-electron chi connectivity index (χ4n) is 1.09. The van der Waals surface area contributed by atoms with E-state index in [-0.39, 0.29) is 0 Å². The van der Waals surface area contributed by atoms with Crippen LogP contribution in [0.2, 0.25) is 0 Å². The van der Waals surface area contributed by atoms with Crippen LogP contribution in [0.1, 0.15) is 11.4 Å². The normalized spacial score (nSPS) is 10.4. The lowest BCUT2D eigenvalue weighted by Crippen LogP contribution is -1.89. The van der Waals surface area contributed by atoms with E-state index in [0.29, 0.717) is 0 Å². The molecule has 0 aliphatic heterocycles. The van der Waals surface area contributed by atoms with Crippen LogP contribution in [0.4, 0.5) is 0 Å². The predicted octanol–water partition coefficient (Wildman–Crippen LogP) is 3.65. The summed E-state index contributed by atoms with van der Waals surface area (Å²) in [5.41, 5.74) is 1.22. The molecular weight excluding hydrogens is 328 g/mol. The van der Waals surface area contributed by atoms with Gasteiger partial charge < -0.3 is 0 Å². The Morgan fingerprint density at radius 1 is 1.14 bits per heavy atom. The maximum Gasteiger partial charge on any atom is 0.179 e. The van der Waals surface area contributed by atoms with Crippen molar-refractivity contribution in [2.75, 3.05) is 0 Å². The van der Waals surface area contributed by atoms with Crippen molar-refractivity contribution >= 4 is 43.4 Å². The molecule has 2 rings (SSSR count). The van der Waals surface area contributed by atoms with E-state index >= 15 is 0 Å². The summed E-state index contributed by atoms with van der Waals surface area (Å²) in [5, 5.41) is 0. The highest BCUT2D eigenvalue weighted by molar-refractivity contribution is 9.11. The number of hydrogen-bond donors (Lipinski definition) is 0. The SMILES string of the molecule is Brc1ccc(Cc2nsc(Br)n2)cc1. The van der Waals surface area contributed by atoms with Crippen LogP contribution in [0.5, 0.6) is 0 Å². The average molecular weight is 334 g/mol. The predicted molar refractivity (Wildman–Crippen MR) is 64.6 cm³/mol. The monoisotopic (exact) mass is 332 g/mol. The second-order valence-corrected chi connectivity index (χ2v) is 5.71. The Labute approximate surface area is 103 Å². The van der Waals surface area contributed by atoms with Crippen LogP contribution < -0.4 is 0 Å². The van der Waals surface area contributed by atoms with Gasteiger partial charge >= 0.3 is 0 Å². The summed E-state index contributed by atoms with van der Waals surface area (Å²) in [6, 6.07) is 8.19. The zero-order valence-electron chi connectivity index (χ0n) is 7.08. The third kappa shape index (κ3) is 2.62.